The van der Waals surface area contributed by atoms with Gasteiger partial charge in [0.05, 0.1) is 12.4 Å². The number of carbonyl (C=O) groups excluding carboxylic acids is 1. The molecule has 1 aromatic carbocycles. The molecule has 168 valence electrons. The molecule has 0 spiro atoms. The molecule has 0 unspecified atom stereocenters. The van der Waals surface area contributed by atoms with Crippen LogP contribution in [-0.4, -0.2) is 53.4 Å². The smallest absolute Gasteiger partial charge is 0.348 e. The van der Waals surface area contributed by atoms with E-state index in [2.05, 4.69) is 15.2 Å². The predicted molar refractivity (Wildman–Crippen MR) is 125 cm³/mol. The fraction of sp³-hybridized carbons (Fsp3) is 0.522. The lowest BCUT2D eigenvalue weighted by Gasteiger charge is -2.23. The number of benzene rings is 1. The summed E-state index contributed by atoms with van der Waals surface area (Å²) in [6.45, 7) is 4.16. The van der Waals surface area contributed by atoms with Crippen molar-refractivity contribution in [2.75, 3.05) is 38.3 Å². The fourth-order valence-electron chi connectivity index (χ4n) is 3.77. The average Bonchev–Trinajstić information content (AvgIpc) is 2.75. The van der Waals surface area contributed by atoms with Crippen LogP contribution in [0.2, 0.25) is 0 Å². The lowest BCUT2D eigenvalue weighted by atomic mass is 9.97. The molecule has 1 aliphatic rings. The van der Waals surface area contributed by atoms with Gasteiger partial charge in [-0.2, -0.15) is 4.98 Å². The lowest BCUT2D eigenvalue weighted by molar-refractivity contribution is -0.113. The predicted octanol–water partition coefficient (Wildman–Crippen LogP) is 3.20. The molecule has 1 N–H and O–H groups in total. The molecule has 1 heterocycles. The zero-order valence-corrected chi connectivity index (χ0v) is 19.5. The van der Waals surface area contributed by atoms with Crippen LogP contribution >= 0.6 is 11.8 Å². The summed E-state index contributed by atoms with van der Waals surface area (Å²) in [7, 11) is 4.07. The first-order valence-electron chi connectivity index (χ1n) is 10.9. The van der Waals surface area contributed by atoms with Crippen molar-refractivity contribution in [2.45, 2.75) is 50.6 Å². The monoisotopic (exact) mass is 444 g/mol. The van der Waals surface area contributed by atoms with Crippen molar-refractivity contribution >= 4 is 23.4 Å². The van der Waals surface area contributed by atoms with Gasteiger partial charge in [-0.25, -0.2) is 4.79 Å². The molecule has 3 rings (SSSR count). The van der Waals surface area contributed by atoms with Gasteiger partial charge in [-0.3, -0.25) is 9.36 Å². The molecule has 1 aromatic heterocycles. The number of nitrogens with zero attached hydrogens (tertiary/aromatic N) is 3. The molecule has 0 aliphatic heterocycles. The van der Waals surface area contributed by atoms with Crippen LogP contribution in [0.3, 0.4) is 0 Å². The van der Waals surface area contributed by atoms with Gasteiger partial charge in [0.2, 0.25) is 5.91 Å². The number of fused-ring (bicyclic) bond motifs is 1. The third-order valence-corrected chi connectivity index (χ3v) is 6.24. The fourth-order valence-corrected chi connectivity index (χ4v) is 4.65. The van der Waals surface area contributed by atoms with Crippen LogP contribution in [0.5, 0.6) is 5.75 Å². The van der Waals surface area contributed by atoms with E-state index in [-0.39, 0.29) is 17.3 Å². The molecular formula is C23H32N4O3S. The second-order valence-corrected chi connectivity index (χ2v) is 8.90. The van der Waals surface area contributed by atoms with Gasteiger partial charge in [0.15, 0.2) is 0 Å². The van der Waals surface area contributed by atoms with Crippen LogP contribution in [-0.2, 0) is 24.2 Å². The summed E-state index contributed by atoms with van der Waals surface area (Å²) < 4.78 is 7.27. The molecule has 0 radical (unpaired) electrons. The molecule has 0 bridgehead atoms. The first-order chi connectivity index (χ1) is 15.0. The maximum atomic E-state index is 12.7. The zero-order chi connectivity index (χ0) is 22.2. The second-order valence-electron chi connectivity index (χ2n) is 7.93. The molecule has 7 nitrogen and oxygen atoms in total. The summed E-state index contributed by atoms with van der Waals surface area (Å²) in [6.07, 6.45) is 4.92. The molecular weight excluding hydrogens is 412 g/mol. The number of ether oxygens (including phenoxy) is 1. The number of amides is 1. The van der Waals surface area contributed by atoms with E-state index in [0.717, 1.165) is 61.3 Å². The summed E-state index contributed by atoms with van der Waals surface area (Å²) in [5, 5.41) is 3.61. The quantitative estimate of drug-likeness (QED) is 0.448. The van der Waals surface area contributed by atoms with Crippen molar-refractivity contribution in [3.05, 3.63) is 46.0 Å². The molecule has 1 amide bonds. The van der Waals surface area contributed by atoms with Crippen molar-refractivity contribution in [3.63, 3.8) is 0 Å². The third kappa shape index (κ3) is 6.58. The van der Waals surface area contributed by atoms with E-state index in [1.54, 1.807) is 0 Å². The first kappa shape index (κ1) is 23.3. The Morgan fingerprint density at radius 2 is 1.97 bits per heavy atom. The van der Waals surface area contributed by atoms with Gasteiger partial charge in [-0.15, -0.1) is 0 Å². The van der Waals surface area contributed by atoms with Crippen LogP contribution < -0.4 is 15.7 Å². The van der Waals surface area contributed by atoms with Crippen LogP contribution in [0.25, 0.3) is 0 Å². The number of thioether (sulfide) groups is 1. The Morgan fingerprint density at radius 3 is 2.68 bits per heavy atom. The van der Waals surface area contributed by atoms with E-state index in [0.29, 0.717) is 18.2 Å². The largest absolute Gasteiger partial charge is 0.494 e. The Morgan fingerprint density at radius 1 is 1.23 bits per heavy atom. The maximum Gasteiger partial charge on any atom is 0.348 e. The Kier molecular flexibility index (Phi) is 8.54. The van der Waals surface area contributed by atoms with E-state index < -0.39 is 0 Å². The zero-order valence-electron chi connectivity index (χ0n) is 18.6. The van der Waals surface area contributed by atoms with E-state index in [1.165, 1.54) is 11.8 Å². The number of nitrogens with one attached hydrogen (secondary N) is 1. The van der Waals surface area contributed by atoms with E-state index in [9.17, 15) is 9.59 Å². The van der Waals surface area contributed by atoms with Gasteiger partial charge >= 0.3 is 5.69 Å². The summed E-state index contributed by atoms with van der Waals surface area (Å²) in [5.74, 6) is 0.879. The Hall–Kier alpha value is -2.32. The number of rotatable bonds is 10. The highest BCUT2D eigenvalue weighted by Gasteiger charge is 2.21. The Labute approximate surface area is 188 Å². The summed E-state index contributed by atoms with van der Waals surface area (Å²) in [6, 6.07) is 7.31. The number of hydrogen-bond donors (Lipinski definition) is 1. The number of hydrogen-bond acceptors (Lipinski definition) is 6. The lowest BCUT2D eigenvalue weighted by Crippen LogP contribution is -2.31. The van der Waals surface area contributed by atoms with Crippen LogP contribution in [0.4, 0.5) is 5.69 Å². The first-order valence-corrected chi connectivity index (χ1v) is 11.9. The Balaban J connectivity index is 1.66. The average molecular weight is 445 g/mol. The maximum absolute atomic E-state index is 12.7. The molecule has 2 aromatic rings. The normalized spacial score (nSPS) is 13.2. The van der Waals surface area contributed by atoms with Gasteiger partial charge in [0.1, 0.15) is 10.8 Å². The molecule has 1 aliphatic carbocycles. The SMILES string of the molecule is CCOc1ccc(NC(=O)CSc2nc(=O)n(CCCN(C)C)c3c2CCCC3)cc1. The van der Waals surface area contributed by atoms with Crippen LogP contribution in [0, 0.1) is 0 Å². The number of aromatic nitrogens is 2. The topological polar surface area (TPSA) is 76.5 Å². The van der Waals surface area contributed by atoms with Gasteiger partial charge in [-0.1, -0.05) is 11.8 Å². The molecule has 0 fully saturated rings. The van der Waals surface area contributed by atoms with E-state index >= 15 is 0 Å². The van der Waals surface area contributed by atoms with Crippen LogP contribution in [0.1, 0.15) is 37.4 Å². The second kappa shape index (κ2) is 11.3. The van der Waals surface area contributed by atoms with Gasteiger partial charge in [-0.05, 0) is 83.9 Å². The van der Waals surface area contributed by atoms with Crippen LogP contribution in [0.15, 0.2) is 34.1 Å². The summed E-state index contributed by atoms with van der Waals surface area (Å²) >= 11 is 1.36. The summed E-state index contributed by atoms with van der Waals surface area (Å²) in [4.78, 5) is 31.6. The van der Waals surface area contributed by atoms with Crippen molar-refractivity contribution in [2.24, 2.45) is 0 Å². The highest BCUT2D eigenvalue weighted by molar-refractivity contribution is 8.00. The van der Waals surface area contributed by atoms with Crippen molar-refractivity contribution in [3.8, 4) is 5.75 Å². The standard InChI is InChI=1S/C23H32N4O3S/c1-4-30-18-12-10-17(11-13-18)24-21(28)16-31-22-19-8-5-6-9-20(19)27(23(29)25-22)15-7-14-26(2)3/h10-13H,4-9,14-16H2,1-3H3,(H,24,28). The summed E-state index contributed by atoms with van der Waals surface area (Å²) in [5.41, 5.74) is 2.78. The van der Waals surface area contributed by atoms with E-state index in [1.807, 2.05) is 49.9 Å². The molecule has 0 saturated heterocycles. The van der Waals surface area contributed by atoms with Gasteiger partial charge in [0.25, 0.3) is 0 Å². The van der Waals surface area contributed by atoms with Gasteiger partial charge in [0, 0.05) is 23.5 Å². The highest BCUT2D eigenvalue weighted by Crippen LogP contribution is 2.28. The van der Waals surface area contributed by atoms with Gasteiger partial charge < -0.3 is 15.0 Å². The van der Waals surface area contributed by atoms with Crippen molar-refractivity contribution < 1.29 is 9.53 Å². The molecule has 8 heteroatoms. The van der Waals surface area contributed by atoms with Crippen molar-refractivity contribution in [1.29, 1.82) is 0 Å². The molecule has 31 heavy (non-hydrogen) atoms. The minimum Gasteiger partial charge on any atom is -0.494 e. The number of anilines is 1. The van der Waals surface area contributed by atoms with E-state index in [4.69, 9.17) is 4.74 Å². The molecule has 0 atom stereocenters. The minimum atomic E-state index is -0.200. The minimum absolute atomic E-state index is 0.115. The Bertz CT molecular complexity index is 941. The molecule has 0 saturated carbocycles. The van der Waals surface area contributed by atoms with Crippen molar-refractivity contribution in [1.82, 2.24) is 14.5 Å². The third-order valence-electron chi connectivity index (χ3n) is 5.23. The highest BCUT2D eigenvalue weighted by atomic mass is 32.2. The number of carbonyl (C=O) groups is 1.